The van der Waals surface area contributed by atoms with Crippen LogP contribution in [-0.2, 0) is 10.0 Å². The minimum Gasteiger partial charge on any atom is -0.309 e. The van der Waals surface area contributed by atoms with Crippen molar-refractivity contribution in [1.82, 2.24) is 14.1 Å². The molecule has 5 nitrogen and oxygen atoms in total. The second-order valence-electron chi connectivity index (χ2n) is 6.29. The van der Waals surface area contributed by atoms with Gasteiger partial charge in [0.15, 0.2) is 0 Å². The highest BCUT2D eigenvalue weighted by Gasteiger charge is 2.27. The third kappa shape index (κ3) is 6.76. The molecule has 0 N–H and O–H groups in total. The zero-order chi connectivity index (χ0) is 18.3. The maximum atomic E-state index is 14.1. The fourth-order valence-electron chi connectivity index (χ4n) is 2.29. The van der Waals surface area contributed by atoms with Gasteiger partial charge in [-0.3, -0.25) is 0 Å². The van der Waals surface area contributed by atoms with Crippen LogP contribution in [0.2, 0.25) is 0 Å². The number of hydrogen-bond donors (Lipinski definition) is 0. The van der Waals surface area contributed by atoms with Crippen molar-refractivity contribution in [3.8, 4) is 0 Å². The topological polar surface area (TPSA) is 43.9 Å². The van der Waals surface area contributed by atoms with Crippen molar-refractivity contribution in [2.24, 2.45) is 0 Å². The van der Waals surface area contributed by atoms with E-state index in [4.69, 9.17) is 0 Å². The van der Waals surface area contributed by atoms with Crippen molar-refractivity contribution in [1.29, 1.82) is 0 Å². The molecular weight excluding hydrogens is 397 g/mol. The van der Waals surface area contributed by atoms with Crippen LogP contribution < -0.4 is 0 Å². The first-order chi connectivity index (χ1) is 11.1. The van der Waals surface area contributed by atoms with Gasteiger partial charge in [0, 0.05) is 17.6 Å². The Morgan fingerprint density at radius 1 is 0.958 bits per heavy atom. The Labute approximate surface area is 153 Å². The second kappa shape index (κ2) is 9.82. The van der Waals surface area contributed by atoms with Gasteiger partial charge in [0.2, 0.25) is 10.0 Å². The van der Waals surface area contributed by atoms with Gasteiger partial charge in [0.25, 0.3) is 0 Å². The van der Waals surface area contributed by atoms with Gasteiger partial charge < -0.3 is 9.80 Å². The highest BCUT2D eigenvalue weighted by molar-refractivity contribution is 9.10. The summed E-state index contributed by atoms with van der Waals surface area (Å²) in [5.74, 6) is -0.719. The summed E-state index contributed by atoms with van der Waals surface area (Å²) >= 11 is 3.22. The molecule has 24 heavy (non-hydrogen) atoms. The van der Waals surface area contributed by atoms with Crippen LogP contribution in [0.15, 0.2) is 27.6 Å². The summed E-state index contributed by atoms with van der Waals surface area (Å²) in [6.07, 6.45) is 1.40. The molecule has 8 heteroatoms. The van der Waals surface area contributed by atoms with Crippen LogP contribution in [0.3, 0.4) is 0 Å². The number of hydrogen-bond acceptors (Lipinski definition) is 4. The van der Waals surface area contributed by atoms with Gasteiger partial charge in [-0.15, -0.1) is 0 Å². The summed E-state index contributed by atoms with van der Waals surface area (Å²) < 4.78 is 41.8. The maximum absolute atomic E-state index is 14.1. The van der Waals surface area contributed by atoms with Crippen LogP contribution in [0, 0.1) is 5.82 Å². The van der Waals surface area contributed by atoms with Crippen LogP contribution in [0.1, 0.15) is 12.8 Å². The molecule has 0 saturated heterocycles. The van der Waals surface area contributed by atoms with Gasteiger partial charge in [-0.05, 0) is 72.3 Å². The molecule has 1 aromatic rings. The van der Waals surface area contributed by atoms with E-state index in [9.17, 15) is 12.8 Å². The summed E-state index contributed by atoms with van der Waals surface area (Å²) in [6.45, 7) is 2.31. The predicted molar refractivity (Wildman–Crippen MR) is 99.2 cm³/mol. The van der Waals surface area contributed by atoms with Crippen molar-refractivity contribution in [3.63, 3.8) is 0 Å². The smallest absolute Gasteiger partial charge is 0.246 e. The minimum atomic E-state index is -3.86. The first-order valence-corrected chi connectivity index (χ1v) is 10.1. The molecule has 0 unspecified atom stereocenters. The average Bonchev–Trinajstić information content (AvgIpc) is 2.47. The molecular formula is C16H27BrFN3O2S. The van der Waals surface area contributed by atoms with E-state index >= 15 is 0 Å². The molecule has 1 aromatic carbocycles. The van der Waals surface area contributed by atoms with E-state index < -0.39 is 15.8 Å². The highest BCUT2D eigenvalue weighted by Crippen LogP contribution is 2.23. The molecule has 0 amide bonds. The number of nitrogens with zero attached hydrogens (tertiary/aromatic N) is 3. The molecule has 138 valence electrons. The van der Waals surface area contributed by atoms with E-state index in [-0.39, 0.29) is 4.90 Å². The van der Waals surface area contributed by atoms with E-state index in [1.807, 2.05) is 38.0 Å². The Bertz CT molecular complexity index is 610. The summed E-state index contributed by atoms with van der Waals surface area (Å²) in [4.78, 5) is 3.74. The molecule has 0 atom stereocenters. The number of benzene rings is 1. The first-order valence-electron chi connectivity index (χ1n) is 7.89. The Hall–Kier alpha value is -0.540. The normalized spacial score (nSPS) is 12.5. The summed E-state index contributed by atoms with van der Waals surface area (Å²) in [6, 6.07) is 4.00. The number of sulfonamides is 1. The molecule has 0 saturated carbocycles. The average molecular weight is 424 g/mol. The Kier molecular flexibility index (Phi) is 8.80. The van der Waals surface area contributed by atoms with Crippen molar-refractivity contribution in [2.45, 2.75) is 17.7 Å². The van der Waals surface area contributed by atoms with E-state index in [1.54, 1.807) is 0 Å². The number of rotatable bonds is 10. The van der Waals surface area contributed by atoms with Gasteiger partial charge in [-0.25, -0.2) is 12.8 Å². The van der Waals surface area contributed by atoms with Gasteiger partial charge in [0.1, 0.15) is 10.7 Å². The Morgan fingerprint density at radius 3 is 1.92 bits per heavy atom. The Morgan fingerprint density at radius 2 is 1.46 bits per heavy atom. The van der Waals surface area contributed by atoms with Crippen LogP contribution in [-0.4, -0.2) is 76.9 Å². The molecule has 0 spiro atoms. The van der Waals surface area contributed by atoms with Gasteiger partial charge in [-0.1, -0.05) is 15.9 Å². The largest absolute Gasteiger partial charge is 0.309 e. The molecule has 0 bridgehead atoms. The van der Waals surface area contributed by atoms with E-state index in [0.29, 0.717) is 30.4 Å². The summed E-state index contributed by atoms with van der Waals surface area (Å²) in [7, 11) is 3.91. The molecule has 0 fully saturated rings. The van der Waals surface area contributed by atoms with Crippen LogP contribution in [0.4, 0.5) is 4.39 Å². The SMILES string of the molecule is CN(C)CCCN(CCCN(C)C)S(=O)(=O)c1cc(Br)ccc1F. The number of halogens is 2. The maximum Gasteiger partial charge on any atom is 0.246 e. The lowest BCUT2D eigenvalue weighted by Gasteiger charge is -2.24. The van der Waals surface area contributed by atoms with E-state index in [2.05, 4.69) is 15.9 Å². The molecule has 0 aliphatic heterocycles. The third-order valence-electron chi connectivity index (χ3n) is 3.54. The highest BCUT2D eigenvalue weighted by atomic mass is 79.9. The second-order valence-corrected chi connectivity index (χ2v) is 9.11. The first kappa shape index (κ1) is 21.5. The van der Waals surface area contributed by atoms with Gasteiger partial charge in [-0.2, -0.15) is 4.31 Å². The summed E-state index contributed by atoms with van der Waals surface area (Å²) in [5.41, 5.74) is 0. The monoisotopic (exact) mass is 423 g/mol. The van der Waals surface area contributed by atoms with Gasteiger partial charge >= 0.3 is 0 Å². The third-order valence-corrected chi connectivity index (χ3v) is 5.94. The summed E-state index contributed by atoms with van der Waals surface area (Å²) in [5, 5.41) is 0. The fourth-order valence-corrected chi connectivity index (χ4v) is 4.41. The quantitative estimate of drug-likeness (QED) is 0.579. The van der Waals surface area contributed by atoms with Crippen LogP contribution >= 0.6 is 15.9 Å². The lowest BCUT2D eigenvalue weighted by atomic mass is 10.3. The van der Waals surface area contributed by atoms with Crippen molar-refractivity contribution >= 4 is 26.0 Å². The van der Waals surface area contributed by atoms with Crippen molar-refractivity contribution < 1.29 is 12.8 Å². The zero-order valence-electron chi connectivity index (χ0n) is 14.8. The zero-order valence-corrected chi connectivity index (χ0v) is 17.2. The molecule has 0 aliphatic rings. The predicted octanol–water partition coefficient (Wildman–Crippen LogP) is 2.48. The van der Waals surface area contributed by atoms with E-state index in [0.717, 1.165) is 13.1 Å². The van der Waals surface area contributed by atoms with Gasteiger partial charge in [0.05, 0.1) is 0 Å². The Balaban J connectivity index is 2.98. The molecule has 0 heterocycles. The van der Waals surface area contributed by atoms with Crippen molar-refractivity contribution in [2.75, 3.05) is 54.4 Å². The molecule has 0 aliphatic carbocycles. The fraction of sp³-hybridized carbons (Fsp3) is 0.625. The standard InChI is InChI=1S/C16H27BrFN3O2S/c1-19(2)9-5-11-21(12-6-10-20(3)4)24(22,23)16-13-14(17)7-8-15(16)18/h7-8,13H,5-6,9-12H2,1-4H3. The molecule has 0 radical (unpaired) electrons. The lowest BCUT2D eigenvalue weighted by Crippen LogP contribution is -2.36. The minimum absolute atomic E-state index is 0.272. The van der Waals surface area contributed by atoms with Crippen LogP contribution in [0.25, 0.3) is 0 Å². The lowest BCUT2D eigenvalue weighted by molar-refractivity contribution is 0.326. The van der Waals surface area contributed by atoms with Crippen molar-refractivity contribution in [3.05, 3.63) is 28.5 Å². The van der Waals surface area contributed by atoms with Crippen LogP contribution in [0.5, 0.6) is 0 Å². The van der Waals surface area contributed by atoms with E-state index in [1.165, 1.54) is 22.5 Å². The molecule has 1 rings (SSSR count). The molecule has 0 aromatic heterocycles.